The molecule has 35 heavy (non-hydrogen) atoms. The molecule has 0 fully saturated rings. The van der Waals surface area contributed by atoms with E-state index < -0.39 is 33.5 Å². The molecule has 1 aliphatic rings. The topological polar surface area (TPSA) is 134 Å². The lowest BCUT2D eigenvalue weighted by Gasteiger charge is -2.30. The number of hydrogen-bond donors (Lipinski definition) is 2. The zero-order valence-electron chi connectivity index (χ0n) is 18.4. The van der Waals surface area contributed by atoms with Crippen LogP contribution in [0.25, 0.3) is 11.0 Å². The molecule has 1 aromatic heterocycles. The van der Waals surface area contributed by atoms with Crippen molar-refractivity contribution in [1.82, 2.24) is 10.2 Å². The maximum atomic E-state index is 13.1. The van der Waals surface area contributed by atoms with Crippen LogP contribution in [0, 0.1) is 0 Å². The molecule has 0 aliphatic carbocycles. The number of halogens is 2. The number of carbonyl (C=O) groups is 3. The lowest BCUT2D eigenvalue weighted by molar-refractivity contribution is -0.138. The molecular formula is C23H20Cl2N2O7S. The van der Waals surface area contributed by atoms with Crippen molar-refractivity contribution in [3.05, 3.63) is 68.9 Å². The molecule has 2 N–H and O–H groups in total. The van der Waals surface area contributed by atoms with Crippen LogP contribution in [0.15, 0.2) is 41.0 Å². The molecule has 0 unspecified atom stereocenters. The summed E-state index contributed by atoms with van der Waals surface area (Å²) in [5.41, 5.74) is 2.19. The van der Waals surface area contributed by atoms with Gasteiger partial charge in [-0.05, 0) is 41.8 Å². The molecular weight excluding hydrogens is 519 g/mol. The number of benzene rings is 2. The minimum atomic E-state index is -3.68. The highest BCUT2D eigenvalue weighted by Gasteiger charge is 2.30. The summed E-state index contributed by atoms with van der Waals surface area (Å²) in [6.45, 7) is 0.536. The van der Waals surface area contributed by atoms with Crippen LogP contribution in [0.4, 0.5) is 0 Å². The van der Waals surface area contributed by atoms with Crippen LogP contribution >= 0.6 is 23.2 Å². The Labute approximate surface area is 210 Å². The molecule has 2 heterocycles. The lowest BCUT2D eigenvalue weighted by atomic mass is 9.96. The normalized spacial score (nSPS) is 14.4. The first-order chi connectivity index (χ1) is 16.4. The second-order valence-corrected chi connectivity index (χ2v) is 11.3. The van der Waals surface area contributed by atoms with E-state index >= 15 is 0 Å². The van der Waals surface area contributed by atoms with Gasteiger partial charge in [0, 0.05) is 30.3 Å². The smallest absolute Gasteiger partial charge is 0.327 e. The minimum Gasteiger partial charge on any atom is -0.480 e. The van der Waals surface area contributed by atoms with Gasteiger partial charge in [0.2, 0.25) is 0 Å². The molecule has 0 saturated heterocycles. The van der Waals surface area contributed by atoms with Gasteiger partial charge in [-0.3, -0.25) is 9.59 Å². The van der Waals surface area contributed by atoms with E-state index in [4.69, 9.17) is 27.6 Å². The Morgan fingerprint density at radius 3 is 2.63 bits per heavy atom. The summed E-state index contributed by atoms with van der Waals surface area (Å²) in [4.78, 5) is 38.9. The lowest BCUT2D eigenvalue weighted by Crippen LogP contribution is -2.45. The molecule has 2 aromatic carbocycles. The molecule has 0 radical (unpaired) electrons. The third kappa shape index (κ3) is 5.29. The zero-order valence-corrected chi connectivity index (χ0v) is 20.7. The van der Waals surface area contributed by atoms with E-state index in [-0.39, 0.29) is 28.1 Å². The number of hydrogen-bond acceptors (Lipinski definition) is 6. The van der Waals surface area contributed by atoms with Gasteiger partial charge in [-0.25, -0.2) is 13.2 Å². The van der Waals surface area contributed by atoms with Crippen LogP contribution in [-0.2, 0) is 27.6 Å². The highest BCUT2D eigenvalue weighted by atomic mass is 35.5. The van der Waals surface area contributed by atoms with Crippen molar-refractivity contribution in [2.45, 2.75) is 19.0 Å². The van der Waals surface area contributed by atoms with Crippen LogP contribution in [0.3, 0.4) is 0 Å². The van der Waals surface area contributed by atoms with Crippen LogP contribution in [0.2, 0.25) is 10.0 Å². The van der Waals surface area contributed by atoms with E-state index in [1.54, 1.807) is 35.4 Å². The first-order valence-electron chi connectivity index (χ1n) is 10.4. The van der Waals surface area contributed by atoms with Crippen molar-refractivity contribution in [2.75, 3.05) is 18.6 Å². The Morgan fingerprint density at radius 2 is 1.94 bits per heavy atom. The summed E-state index contributed by atoms with van der Waals surface area (Å²) >= 11 is 12.8. The number of fused-ring (bicyclic) bond motifs is 2. The van der Waals surface area contributed by atoms with Gasteiger partial charge in [0.25, 0.3) is 11.8 Å². The van der Waals surface area contributed by atoms with Gasteiger partial charge < -0.3 is 19.7 Å². The summed E-state index contributed by atoms with van der Waals surface area (Å²) in [5.74, 6) is -3.39. The van der Waals surface area contributed by atoms with E-state index in [2.05, 4.69) is 5.32 Å². The van der Waals surface area contributed by atoms with Crippen molar-refractivity contribution in [2.24, 2.45) is 0 Å². The standard InChI is InChI=1S/C23H20Cl2N2O7S/c1-35(32,33)11-17(23(30)31)26-21(28)19-16(24)8-14-10-27(6-4-15(14)20(19)25)22(29)13-3-2-12-5-7-34-18(12)9-13/h2-3,5,7-9,17H,4,6,10-11H2,1H3,(H,26,28)(H,30,31)/t17-/m1/s1. The fourth-order valence-electron chi connectivity index (χ4n) is 4.01. The van der Waals surface area contributed by atoms with Gasteiger partial charge in [-0.1, -0.05) is 29.3 Å². The second-order valence-electron chi connectivity index (χ2n) is 8.29. The fraction of sp³-hybridized carbons (Fsp3) is 0.261. The largest absolute Gasteiger partial charge is 0.480 e. The van der Waals surface area contributed by atoms with Crippen molar-refractivity contribution in [3.63, 3.8) is 0 Å². The highest BCUT2D eigenvalue weighted by molar-refractivity contribution is 7.90. The van der Waals surface area contributed by atoms with E-state index in [0.717, 1.165) is 11.6 Å². The number of rotatable bonds is 6. The summed E-state index contributed by atoms with van der Waals surface area (Å²) in [5, 5.41) is 12.4. The van der Waals surface area contributed by atoms with Crippen molar-refractivity contribution < 1.29 is 32.3 Å². The quantitative estimate of drug-likeness (QED) is 0.492. The fourth-order valence-corrected chi connectivity index (χ4v) is 5.61. The Bertz CT molecular complexity index is 1470. The van der Waals surface area contributed by atoms with Crippen molar-refractivity contribution >= 4 is 61.8 Å². The van der Waals surface area contributed by atoms with Gasteiger partial charge in [-0.2, -0.15) is 0 Å². The molecule has 0 bridgehead atoms. The van der Waals surface area contributed by atoms with Gasteiger partial charge >= 0.3 is 5.97 Å². The third-order valence-electron chi connectivity index (χ3n) is 5.70. The Kier molecular flexibility index (Phi) is 6.81. The van der Waals surface area contributed by atoms with Gasteiger partial charge in [0.15, 0.2) is 0 Å². The molecule has 4 rings (SSSR count). The summed E-state index contributed by atoms with van der Waals surface area (Å²) < 4.78 is 28.4. The number of carbonyl (C=O) groups excluding carboxylic acids is 2. The zero-order chi connectivity index (χ0) is 25.5. The number of nitrogens with one attached hydrogen (secondary N) is 1. The first-order valence-corrected chi connectivity index (χ1v) is 13.2. The Morgan fingerprint density at radius 1 is 1.20 bits per heavy atom. The third-order valence-corrected chi connectivity index (χ3v) is 7.35. The van der Waals surface area contributed by atoms with Gasteiger partial charge in [-0.15, -0.1) is 0 Å². The molecule has 9 nitrogen and oxygen atoms in total. The Hall–Kier alpha value is -3.08. The predicted molar refractivity (Wildman–Crippen MR) is 130 cm³/mol. The van der Waals surface area contributed by atoms with E-state index in [1.165, 1.54) is 6.07 Å². The van der Waals surface area contributed by atoms with Crippen molar-refractivity contribution in [3.8, 4) is 0 Å². The van der Waals surface area contributed by atoms with Crippen LogP contribution in [0.1, 0.15) is 31.8 Å². The monoisotopic (exact) mass is 538 g/mol. The first kappa shape index (κ1) is 25.0. The number of carboxylic acid groups (broad SMARTS) is 1. The molecule has 184 valence electrons. The SMILES string of the molecule is CS(=O)(=O)C[C@@H](NC(=O)c1c(Cl)cc2c(c1Cl)CCN(C(=O)c1ccc3ccoc3c1)C2)C(=O)O. The average molecular weight is 539 g/mol. The van der Waals surface area contributed by atoms with Crippen molar-refractivity contribution in [1.29, 1.82) is 0 Å². The number of sulfone groups is 1. The van der Waals surface area contributed by atoms with Crippen LogP contribution < -0.4 is 5.32 Å². The summed E-state index contributed by atoms with van der Waals surface area (Å²) in [6, 6.07) is 6.85. The summed E-state index contributed by atoms with van der Waals surface area (Å²) in [7, 11) is -3.68. The van der Waals surface area contributed by atoms with Crippen LogP contribution in [0.5, 0.6) is 0 Å². The molecule has 3 aromatic rings. The second kappa shape index (κ2) is 9.52. The number of aliphatic carboxylic acids is 1. The maximum absolute atomic E-state index is 13.1. The molecule has 1 aliphatic heterocycles. The Balaban J connectivity index is 1.57. The van der Waals surface area contributed by atoms with Crippen LogP contribution in [-0.4, -0.2) is 60.8 Å². The number of carboxylic acids is 1. The minimum absolute atomic E-state index is 0.0394. The average Bonchev–Trinajstić information content (AvgIpc) is 3.24. The highest BCUT2D eigenvalue weighted by Crippen LogP contribution is 2.35. The van der Waals surface area contributed by atoms with E-state index in [0.29, 0.717) is 35.2 Å². The summed E-state index contributed by atoms with van der Waals surface area (Å²) in [6.07, 6.45) is 2.76. The molecule has 12 heteroatoms. The molecule has 0 spiro atoms. The molecule has 2 amide bonds. The number of furan rings is 1. The predicted octanol–water partition coefficient (Wildman–Crippen LogP) is 3.17. The molecule has 0 saturated carbocycles. The van der Waals surface area contributed by atoms with Gasteiger partial charge in [0.05, 0.1) is 27.6 Å². The number of amides is 2. The van der Waals surface area contributed by atoms with E-state index in [9.17, 15) is 27.9 Å². The van der Waals surface area contributed by atoms with E-state index in [1.807, 2.05) is 0 Å². The molecule has 1 atom stereocenters. The van der Waals surface area contributed by atoms with Gasteiger partial charge in [0.1, 0.15) is 21.5 Å². The maximum Gasteiger partial charge on any atom is 0.327 e. The number of nitrogens with zero attached hydrogens (tertiary/aromatic N) is 1.